The summed E-state index contributed by atoms with van der Waals surface area (Å²) >= 11 is 3.39. The SMILES string of the molecule is O=C(NC1CC2CCC1N2)c1ncc(-c2ccc(Br)cc2)o1. The molecule has 0 radical (unpaired) electrons. The lowest BCUT2D eigenvalue weighted by Gasteiger charge is -2.20. The number of hydrogen-bond donors (Lipinski definition) is 2. The predicted molar refractivity (Wildman–Crippen MR) is 85.5 cm³/mol. The van der Waals surface area contributed by atoms with Crippen molar-refractivity contribution in [2.45, 2.75) is 37.4 Å². The highest BCUT2D eigenvalue weighted by Gasteiger charge is 2.40. The van der Waals surface area contributed by atoms with Crippen molar-refractivity contribution >= 4 is 21.8 Å². The maximum atomic E-state index is 12.3. The van der Waals surface area contributed by atoms with E-state index < -0.39 is 0 Å². The van der Waals surface area contributed by atoms with Crippen LogP contribution >= 0.6 is 15.9 Å². The van der Waals surface area contributed by atoms with Gasteiger partial charge in [-0.15, -0.1) is 0 Å². The molecule has 2 saturated heterocycles. The van der Waals surface area contributed by atoms with Crippen molar-refractivity contribution in [3.8, 4) is 11.3 Å². The van der Waals surface area contributed by atoms with Gasteiger partial charge in [-0.2, -0.15) is 0 Å². The van der Waals surface area contributed by atoms with Gasteiger partial charge < -0.3 is 15.1 Å². The number of fused-ring (bicyclic) bond motifs is 2. The average Bonchev–Trinajstić information content (AvgIpc) is 3.24. The Bertz CT molecular complexity index is 698. The van der Waals surface area contributed by atoms with Crippen molar-refractivity contribution in [1.29, 1.82) is 0 Å². The van der Waals surface area contributed by atoms with Gasteiger partial charge in [-0.1, -0.05) is 28.1 Å². The van der Waals surface area contributed by atoms with E-state index >= 15 is 0 Å². The number of oxazole rings is 1. The van der Waals surface area contributed by atoms with Gasteiger partial charge in [0, 0.05) is 28.2 Å². The van der Waals surface area contributed by atoms with Gasteiger partial charge in [0.25, 0.3) is 5.89 Å². The molecule has 5 nitrogen and oxygen atoms in total. The van der Waals surface area contributed by atoms with E-state index in [0.717, 1.165) is 22.9 Å². The van der Waals surface area contributed by atoms with Crippen LogP contribution in [0.3, 0.4) is 0 Å². The summed E-state index contributed by atoms with van der Waals surface area (Å²) in [5.41, 5.74) is 0.899. The molecule has 2 bridgehead atoms. The topological polar surface area (TPSA) is 67.2 Å². The summed E-state index contributed by atoms with van der Waals surface area (Å²) in [4.78, 5) is 16.4. The van der Waals surface area contributed by atoms with Gasteiger partial charge in [0.2, 0.25) is 0 Å². The molecule has 2 aliphatic rings. The predicted octanol–water partition coefficient (Wildman–Crippen LogP) is 2.73. The number of carbonyl (C=O) groups excluding carboxylic acids is 1. The highest BCUT2D eigenvalue weighted by molar-refractivity contribution is 9.10. The molecule has 3 unspecified atom stereocenters. The fourth-order valence-corrected chi connectivity index (χ4v) is 3.60. The minimum absolute atomic E-state index is 0.126. The van der Waals surface area contributed by atoms with E-state index in [0.29, 0.717) is 17.8 Å². The van der Waals surface area contributed by atoms with Gasteiger partial charge in [0.05, 0.1) is 6.20 Å². The fourth-order valence-electron chi connectivity index (χ4n) is 3.34. The molecule has 1 amide bonds. The number of rotatable bonds is 3. The largest absolute Gasteiger partial charge is 0.432 e. The number of halogens is 1. The van der Waals surface area contributed by atoms with E-state index in [-0.39, 0.29) is 17.8 Å². The highest BCUT2D eigenvalue weighted by Crippen LogP contribution is 2.28. The molecular weight excluding hydrogens is 346 g/mol. The Labute approximate surface area is 136 Å². The third-order valence-electron chi connectivity index (χ3n) is 4.45. The lowest BCUT2D eigenvalue weighted by Crippen LogP contribution is -2.43. The molecule has 2 aliphatic heterocycles. The summed E-state index contributed by atoms with van der Waals surface area (Å²) in [7, 11) is 0. The van der Waals surface area contributed by atoms with Crippen LogP contribution in [0, 0.1) is 0 Å². The summed E-state index contributed by atoms with van der Waals surface area (Å²) < 4.78 is 6.60. The van der Waals surface area contributed by atoms with E-state index in [2.05, 4.69) is 31.5 Å². The van der Waals surface area contributed by atoms with Gasteiger partial charge >= 0.3 is 5.91 Å². The lowest BCUT2D eigenvalue weighted by atomic mass is 9.95. The molecule has 3 heterocycles. The summed E-state index contributed by atoms with van der Waals surface area (Å²) in [6.07, 6.45) is 4.93. The molecule has 2 aromatic rings. The van der Waals surface area contributed by atoms with Gasteiger partial charge in [-0.25, -0.2) is 4.98 Å². The zero-order chi connectivity index (χ0) is 15.1. The third kappa shape index (κ3) is 2.57. The summed E-state index contributed by atoms with van der Waals surface area (Å²) in [6, 6.07) is 8.84. The first kappa shape index (κ1) is 14.0. The third-order valence-corrected chi connectivity index (χ3v) is 4.97. The van der Waals surface area contributed by atoms with Crippen molar-refractivity contribution in [1.82, 2.24) is 15.6 Å². The normalized spacial score (nSPS) is 26.3. The van der Waals surface area contributed by atoms with E-state index in [1.54, 1.807) is 6.20 Å². The second-order valence-electron chi connectivity index (χ2n) is 5.90. The molecule has 6 heteroatoms. The van der Waals surface area contributed by atoms with Gasteiger partial charge in [0.1, 0.15) is 0 Å². The smallest absolute Gasteiger partial charge is 0.307 e. The van der Waals surface area contributed by atoms with Crippen LogP contribution in [0.5, 0.6) is 0 Å². The molecule has 3 atom stereocenters. The van der Waals surface area contributed by atoms with Crippen LogP contribution in [0.15, 0.2) is 39.4 Å². The molecule has 0 saturated carbocycles. The van der Waals surface area contributed by atoms with Crippen LogP contribution in [-0.4, -0.2) is 29.0 Å². The number of benzene rings is 1. The molecule has 0 spiro atoms. The molecule has 114 valence electrons. The molecule has 2 N–H and O–H groups in total. The summed E-state index contributed by atoms with van der Waals surface area (Å²) in [5.74, 6) is 0.493. The molecule has 0 aliphatic carbocycles. The highest BCUT2D eigenvalue weighted by atomic mass is 79.9. The van der Waals surface area contributed by atoms with Gasteiger partial charge in [-0.3, -0.25) is 4.79 Å². The summed E-state index contributed by atoms with van der Waals surface area (Å²) in [5, 5.41) is 6.54. The van der Waals surface area contributed by atoms with Crippen molar-refractivity contribution in [3.05, 3.63) is 40.8 Å². The average molecular weight is 362 g/mol. The number of carbonyl (C=O) groups is 1. The first-order chi connectivity index (χ1) is 10.7. The Morgan fingerprint density at radius 2 is 2.14 bits per heavy atom. The van der Waals surface area contributed by atoms with Crippen molar-refractivity contribution in [2.75, 3.05) is 0 Å². The number of aromatic nitrogens is 1. The van der Waals surface area contributed by atoms with Crippen LogP contribution in [-0.2, 0) is 0 Å². The maximum absolute atomic E-state index is 12.3. The van der Waals surface area contributed by atoms with Crippen molar-refractivity contribution in [3.63, 3.8) is 0 Å². The van der Waals surface area contributed by atoms with Crippen LogP contribution in [0.1, 0.15) is 29.9 Å². The zero-order valence-corrected chi connectivity index (χ0v) is 13.5. The Morgan fingerprint density at radius 3 is 2.82 bits per heavy atom. The monoisotopic (exact) mass is 361 g/mol. The fraction of sp³-hybridized carbons (Fsp3) is 0.375. The van der Waals surface area contributed by atoms with Crippen LogP contribution in [0.4, 0.5) is 0 Å². The second kappa shape index (κ2) is 5.52. The molecular formula is C16H16BrN3O2. The Morgan fingerprint density at radius 1 is 1.32 bits per heavy atom. The zero-order valence-electron chi connectivity index (χ0n) is 11.9. The van der Waals surface area contributed by atoms with Crippen LogP contribution < -0.4 is 10.6 Å². The molecule has 22 heavy (non-hydrogen) atoms. The van der Waals surface area contributed by atoms with Gasteiger partial charge in [0.15, 0.2) is 5.76 Å². The van der Waals surface area contributed by atoms with Crippen molar-refractivity contribution < 1.29 is 9.21 Å². The number of nitrogens with one attached hydrogen (secondary N) is 2. The first-order valence-corrected chi connectivity index (χ1v) is 8.27. The van der Waals surface area contributed by atoms with E-state index in [1.165, 1.54) is 6.42 Å². The Balaban J connectivity index is 1.46. The molecule has 1 aromatic heterocycles. The van der Waals surface area contributed by atoms with Gasteiger partial charge in [-0.05, 0) is 31.4 Å². The summed E-state index contributed by atoms with van der Waals surface area (Å²) in [6.45, 7) is 0. The van der Waals surface area contributed by atoms with Crippen molar-refractivity contribution in [2.24, 2.45) is 0 Å². The van der Waals surface area contributed by atoms with Crippen LogP contribution in [0.25, 0.3) is 11.3 Å². The molecule has 2 fully saturated rings. The molecule has 4 rings (SSSR count). The number of hydrogen-bond acceptors (Lipinski definition) is 4. The first-order valence-electron chi connectivity index (χ1n) is 7.48. The Hall–Kier alpha value is -1.66. The number of amides is 1. The van der Waals surface area contributed by atoms with Crippen LogP contribution in [0.2, 0.25) is 0 Å². The van der Waals surface area contributed by atoms with E-state index in [4.69, 9.17) is 4.42 Å². The Kier molecular flexibility index (Phi) is 3.50. The standard InChI is InChI=1S/C16H16BrN3O2/c17-10-3-1-9(2-4-10)14-8-18-16(22-14)15(21)20-13-7-11-5-6-12(13)19-11/h1-4,8,11-13,19H,5-7H2,(H,20,21). The minimum atomic E-state index is -0.234. The minimum Gasteiger partial charge on any atom is -0.432 e. The quantitative estimate of drug-likeness (QED) is 0.881. The lowest BCUT2D eigenvalue weighted by molar-refractivity contribution is 0.0896. The number of nitrogens with zero attached hydrogens (tertiary/aromatic N) is 1. The second-order valence-corrected chi connectivity index (χ2v) is 6.82. The maximum Gasteiger partial charge on any atom is 0.307 e. The van der Waals surface area contributed by atoms with E-state index in [9.17, 15) is 4.79 Å². The molecule has 1 aromatic carbocycles. The van der Waals surface area contributed by atoms with E-state index in [1.807, 2.05) is 24.3 Å².